The van der Waals surface area contributed by atoms with Crippen molar-refractivity contribution in [2.75, 3.05) is 14.2 Å². The maximum absolute atomic E-state index is 11.9. The highest BCUT2D eigenvalue weighted by Crippen LogP contribution is 2.34. The van der Waals surface area contributed by atoms with Gasteiger partial charge in [-0.05, 0) is 31.0 Å². The van der Waals surface area contributed by atoms with Crippen molar-refractivity contribution in [2.45, 2.75) is 12.8 Å². The van der Waals surface area contributed by atoms with Crippen LogP contribution in [0.3, 0.4) is 0 Å². The van der Waals surface area contributed by atoms with Crippen molar-refractivity contribution in [2.24, 2.45) is 16.9 Å². The highest BCUT2D eigenvalue weighted by Gasteiger charge is 2.36. The molecule has 0 bridgehead atoms. The standard InChI is InChI=1S/C16H18N2O3/c1-20-13-8-7-10(9-14(13)21-2)15-11-5-3-4-6-12(11)16(19)18-17-15/h3-4,7-9,11-12H,5-6H2,1-2H3,(H,18,19)/t11?,12-/m1/s1. The number of carbonyl (C=O) groups excluding carboxylic acids is 1. The number of amides is 1. The van der Waals surface area contributed by atoms with Crippen molar-refractivity contribution in [3.63, 3.8) is 0 Å². The van der Waals surface area contributed by atoms with Crippen molar-refractivity contribution in [1.82, 2.24) is 5.43 Å². The Morgan fingerprint density at radius 1 is 1.10 bits per heavy atom. The second kappa shape index (κ2) is 5.60. The molecule has 110 valence electrons. The minimum Gasteiger partial charge on any atom is -0.493 e. The molecule has 5 nitrogen and oxygen atoms in total. The molecule has 1 amide bonds. The van der Waals surface area contributed by atoms with Gasteiger partial charge in [-0.15, -0.1) is 0 Å². The number of nitrogens with zero attached hydrogens (tertiary/aromatic N) is 1. The van der Waals surface area contributed by atoms with Crippen LogP contribution >= 0.6 is 0 Å². The van der Waals surface area contributed by atoms with Crippen molar-refractivity contribution in [3.05, 3.63) is 35.9 Å². The van der Waals surface area contributed by atoms with Gasteiger partial charge in [0.25, 0.3) is 0 Å². The fourth-order valence-corrected chi connectivity index (χ4v) is 2.96. The Balaban J connectivity index is 1.99. The monoisotopic (exact) mass is 286 g/mol. The summed E-state index contributed by atoms with van der Waals surface area (Å²) in [4.78, 5) is 11.9. The first-order valence-corrected chi connectivity index (χ1v) is 6.99. The van der Waals surface area contributed by atoms with Gasteiger partial charge in [0, 0.05) is 11.5 Å². The molecule has 2 atom stereocenters. The molecule has 5 heteroatoms. The zero-order valence-corrected chi connectivity index (χ0v) is 12.1. The molecule has 1 aromatic rings. The van der Waals surface area contributed by atoms with Gasteiger partial charge in [0.15, 0.2) is 11.5 Å². The van der Waals surface area contributed by atoms with Crippen LogP contribution in [0.1, 0.15) is 18.4 Å². The summed E-state index contributed by atoms with van der Waals surface area (Å²) in [5.41, 5.74) is 4.50. The smallest absolute Gasteiger partial charge is 0.244 e. The van der Waals surface area contributed by atoms with E-state index in [4.69, 9.17) is 9.47 Å². The van der Waals surface area contributed by atoms with Crippen LogP contribution in [-0.4, -0.2) is 25.8 Å². The summed E-state index contributed by atoms with van der Waals surface area (Å²) < 4.78 is 10.6. The summed E-state index contributed by atoms with van der Waals surface area (Å²) in [5.74, 6) is 1.45. The predicted molar refractivity (Wildman–Crippen MR) is 79.6 cm³/mol. The number of hydrogen-bond donors (Lipinski definition) is 1. The third kappa shape index (κ3) is 2.39. The summed E-state index contributed by atoms with van der Waals surface area (Å²) in [5, 5.41) is 4.28. The molecule has 1 aliphatic carbocycles. The van der Waals surface area contributed by atoms with E-state index in [0.717, 1.165) is 24.1 Å². The van der Waals surface area contributed by atoms with Gasteiger partial charge in [-0.2, -0.15) is 5.10 Å². The largest absolute Gasteiger partial charge is 0.493 e. The van der Waals surface area contributed by atoms with Gasteiger partial charge in [0.05, 0.1) is 25.8 Å². The molecule has 1 heterocycles. The Kier molecular flexibility index (Phi) is 3.64. The number of hydrogen-bond acceptors (Lipinski definition) is 4. The highest BCUT2D eigenvalue weighted by atomic mass is 16.5. The average molecular weight is 286 g/mol. The molecule has 21 heavy (non-hydrogen) atoms. The van der Waals surface area contributed by atoms with Gasteiger partial charge in [0.1, 0.15) is 0 Å². The van der Waals surface area contributed by atoms with E-state index in [1.807, 2.05) is 18.2 Å². The molecule has 1 aromatic carbocycles. The zero-order valence-electron chi connectivity index (χ0n) is 12.1. The van der Waals surface area contributed by atoms with Crippen LogP contribution in [0, 0.1) is 11.8 Å². The van der Waals surface area contributed by atoms with Gasteiger partial charge in [-0.3, -0.25) is 4.79 Å². The van der Waals surface area contributed by atoms with Crippen LogP contribution < -0.4 is 14.9 Å². The highest BCUT2D eigenvalue weighted by molar-refractivity contribution is 6.07. The second-order valence-electron chi connectivity index (χ2n) is 5.20. The average Bonchev–Trinajstić information content (AvgIpc) is 2.55. The Morgan fingerprint density at radius 3 is 2.52 bits per heavy atom. The topological polar surface area (TPSA) is 59.9 Å². The van der Waals surface area contributed by atoms with Gasteiger partial charge in [0.2, 0.25) is 5.91 Å². The van der Waals surface area contributed by atoms with E-state index in [0.29, 0.717) is 11.5 Å². The lowest BCUT2D eigenvalue weighted by atomic mass is 9.77. The fraction of sp³-hybridized carbons (Fsp3) is 0.375. The van der Waals surface area contributed by atoms with Gasteiger partial charge in [-0.1, -0.05) is 12.2 Å². The molecule has 1 N–H and O–H groups in total. The first-order chi connectivity index (χ1) is 10.2. The maximum atomic E-state index is 11.9. The number of nitrogens with one attached hydrogen (secondary N) is 1. The molecule has 0 saturated heterocycles. The lowest BCUT2D eigenvalue weighted by Crippen LogP contribution is -2.42. The summed E-state index contributed by atoms with van der Waals surface area (Å²) in [6.07, 6.45) is 5.79. The summed E-state index contributed by atoms with van der Waals surface area (Å²) in [7, 11) is 3.22. The second-order valence-corrected chi connectivity index (χ2v) is 5.20. The molecule has 0 radical (unpaired) electrons. The van der Waals surface area contributed by atoms with Crippen LogP contribution in [0.2, 0.25) is 0 Å². The fourth-order valence-electron chi connectivity index (χ4n) is 2.96. The maximum Gasteiger partial charge on any atom is 0.244 e. The van der Waals surface area contributed by atoms with E-state index in [2.05, 4.69) is 22.7 Å². The SMILES string of the molecule is COc1ccc(C2=NNC(=O)[C@@H]3CC=CCC23)cc1OC. The Labute approximate surface area is 123 Å². The summed E-state index contributed by atoms with van der Waals surface area (Å²) >= 11 is 0. The Bertz CT molecular complexity index is 622. The lowest BCUT2D eigenvalue weighted by molar-refractivity contribution is -0.126. The first-order valence-electron chi connectivity index (χ1n) is 6.99. The predicted octanol–water partition coefficient (Wildman–Crippen LogP) is 2.12. The third-order valence-electron chi connectivity index (χ3n) is 4.09. The molecule has 0 saturated carbocycles. The number of rotatable bonds is 3. The van der Waals surface area contributed by atoms with Crippen molar-refractivity contribution in [1.29, 1.82) is 0 Å². The van der Waals surface area contributed by atoms with Gasteiger partial charge in [-0.25, -0.2) is 5.43 Å². The summed E-state index contributed by atoms with van der Waals surface area (Å²) in [6, 6.07) is 5.72. The Hall–Kier alpha value is -2.30. The number of ether oxygens (including phenoxy) is 2. The van der Waals surface area contributed by atoms with Crippen LogP contribution in [0.15, 0.2) is 35.5 Å². The van der Waals surface area contributed by atoms with Crippen LogP contribution in [-0.2, 0) is 4.79 Å². The number of hydrazone groups is 1. The van der Waals surface area contributed by atoms with Crippen LogP contribution in [0.4, 0.5) is 0 Å². The first kappa shape index (κ1) is 13.7. The zero-order chi connectivity index (χ0) is 14.8. The van der Waals surface area contributed by atoms with E-state index in [-0.39, 0.29) is 17.7 Å². The van der Waals surface area contributed by atoms with E-state index < -0.39 is 0 Å². The molecular weight excluding hydrogens is 268 g/mol. The summed E-state index contributed by atoms with van der Waals surface area (Å²) in [6.45, 7) is 0. The molecule has 0 fully saturated rings. The van der Waals surface area contributed by atoms with E-state index in [1.165, 1.54) is 0 Å². The van der Waals surface area contributed by atoms with E-state index in [9.17, 15) is 4.79 Å². The molecule has 2 aliphatic rings. The molecule has 1 unspecified atom stereocenters. The number of benzene rings is 1. The molecule has 1 aliphatic heterocycles. The van der Waals surface area contributed by atoms with E-state index >= 15 is 0 Å². The molecular formula is C16H18N2O3. The van der Waals surface area contributed by atoms with Crippen molar-refractivity contribution in [3.8, 4) is 11.5 Å². The minimum atomic E-state index is -0.0319. The quantitative estimate of drug-likeness (QED) is 0.866. The number of methoxy groups -OCH3 is 2. The molecule has 0 aromatic heterocycles. The van der Waals surface area contributed by atoms with E-state index in [1.54, 1.807) is 14.2 Å². The number of carbonyl (C=O) groups is 1. The van der Waals surface area contributed by atoms with Gasteiger partial charge >= 0.3 is 0 Å². The van der Waals surface area contributed by atoms with Crippen LogP contribution in [0.5, 0.6) is 11.5 Å². The third-order valence-corrected chi connectivity index (χ3v) is 4.09. The minimum absolute atomic E-state index is 0.00794. The van der Waals surface area contributed by atoms with Crippen molar-refractivity contribution < 1.29 is 14.3 Å². The molecule has 0 spiro atoms. The van der Waals surface area contributed by atoms with Gasteiger partial charge < -0.3 is 9.47 Å². The van der Waals surface area contributed by atoms with Crippen molar-refractivity contribution >= 4 is 11.6 Å². The Morgan fingerprint density at radius 2 is 1.81 bits per heavy atom. The van der Waals surface area contributed by atoms with Crippen LogP contribution in [0.25, 0.3) is 0 Å². The number of fused-ring (bicyclic) bond motifs is 1. The lowest BCUT2D eigenvalue weighted by Gasteiger charge is -2.32. The number of allylic oxidation sites excluding steroid dienone is 2. The molecule has 3 rings (SSSR count). The normalized spacial score (nSPS) is 23.9.